The van der Waals surface area contributed by atoms with E-state index in [0.29, 0.717) is 5.88 Å². The fourth-order valence-corrected chi connectivity index (χ4v) is 1.84. The molecule has 1 aliphatic heterocycles. The summed E-state index contributed by atoms with van der Waals surface area (Å²) in [5.41, 5.74) is 0.902. The molecule has 1 aromatic carbocycles. The maximum atomic E-state index is 5.96. The summed E-state index contributed by atoms with van der Waals surface area (Å²) in [7, 11) is 0. The monoisotopic (exact) mass is 250 g/mol. The molecule has 0 spiro atoms. The first-order valence-corrected chi connectivity index (χ1v) is 6.32. The molecule has 1 heterocycles. The molecule has 0 N–H and O–H groups in total. The fourth-order valence-electron chi connectivity index (χ4n) is 1.77. The quantitative estimate of drug-likeness (QED) is 0.594. The van der Waals surface area contributed by atoms with Gasteiger partial charge in [0.25, 0.3) is 0 Å². The predicted octanol–water partition coefficient (Wildman–Crippen LogP) is 2.83. The summed E-state index contributed by atoms with van der Waals surface area (Å²) in [5, 5.41) is 0. The first kappa shape index (κ1) is 12.3. The van der Waals surface area contributed by atoms with E-state index in [9.17, 15) is 0 Å². The Morgan fingerprint density at radius 3 is 2.82 bits per heavy atom. The van der Waals surface area contributed by atoms with Gasteiger partial charge in [-0.25, -0.2) is 0 Å². The second-order valence-corrected chi connectivity index (χ2v) is 4.13. The smallest absolute Gasteiger partial charge is 0.135 e. The molecule has 0 atom stereocenters. The van der Waals surface area contributed by atoms with Crippen molar-refractivity contribution in [3.8, 4) is 17.6 Å². The number of alkyl halides is 1. The highest BCUT2D eigenvalue weighted by atomic mass is 35.5. The summed E-state index contributed by atoms with van der Waals surface area (Å²) in [4.78, 5) is 0. The molecular weight excluding hydrogens is 236 g/mol. The molecule has 1 aromatic rings. The van der Waals surface area contributed by atoms with Gasteiger partial charge in [0.15, 0.2) is 0 Å². The lowest BCUT2D eigenvalue weighted by Crippen LogP contribution is -2.26. The standard InChI is InChI=1S/C14H15ClO2/c15-9-3-5-12-4-1-2-6-14(12)17-13-7-10-16-11-8-13/h1-2,4,6,13H,7-11H2. The largest absolute Gasteiger partial charge is 0.489 e. The molecule has 0 amide bonds. The first-order valence-electron chi connectivity index (χ1n) is 5.78. The average molecular weight is 251 g/mol. The summed E-state index contributed by atoms with van der Waals surface area (Å²) in [6.45, 7) is 1.56. The van der Waals surface area contributed by atoms with E-state index in [4.69, 9.17) is 21.1 Å². The third-order valence-electron chi connectivity index (χ3n) is 2.64. The van der Waals surface area contributed by atoms with Crippen molar-refractivity contribution in [3.63, 3.8) is 0 Å². The summed E-state index contributed by atoms with van der Waals surface area (Å²) in [6.07, 6.45) is 2.12. The van der Waals surface area contributed by atoms with Gasteiger partial charge >= 0.3 is 0 Å². The Hall–Kier alpha value is -1.17. The van der Waals surface area contributed by atoms with Crippen molar-refractivity contribution in [2.24, 2.45) is 0 Å². The number of para-hydroxylation sites is 1. The van der Waals surface area contributed by atoms with Crippen LogP contribution in [0.3, 0.4) is 0 Å². The van der Waals surface area contributed by atoms with Crippen LogP contribution in [0.2, 0.25) is 0 Å². The minimum Gasteiger partial charge on any atom is -0.489 e. The number of hydrogen-bond acceptors (Lipinski definition) is 2. The Morgan fingerprint density at radius 1 is 1.29 bits per heavy atom. The molecule has 0 bridgehead atoms. The Morgan fingerprint density at radius 2 is 2.06 bits per heavy atom. The number of halogens is 1. The zero-order valence-corrected chi connectivity index (χ0v) is 10.4. The number of rotatable bonds is 2. The van der Waals surface area contributed by atoms with Crippen molar-refractivity contribution in [1.29, 1.82) is 0 Å². The van der Waals surface area contributed by atoms with Gasteiger partial charge in [0.05, 0.1) is 24.7 Å². The minimum absolute atomic E-state index is 0.239. The molecular formula is C14H15ClO2. The molecule has 90 valence electrons. The van der Waals surface area contributed by atoms with Crippen LogP contribution < -0.4 is 4.74 Å². The third kappa shape index (κ3) is 3.66. The van der Waals surface area contributed by atoms with Gasteiger partial charge in [-0.05, 0) is 12.1 Å². The van der Waals surface area contributed by atoms with Crippen LogP contribution in [0.4, 0.5) is 0 Å². The summed E-state index contributed by atoms with van der Waals surface area (Å²) < 4.78 is 11.3. The molecule has 2 nitrogen and oxygen atoms in total. The summed E-state index contributed by atoms with van der Waals surface area (Å²) in [6, 6.07) is 7.82. The van der Waals surface area contributed by atoms with Crippen LogP contribution in [-0.2, 0) is 4.74 Å². The number of hydrogen-bond donors (Lipinski definition) is 0. The van der Waals surface area contributed by atoms with Crippen LogP contribution in [0.15, 0.2) is 24.3 Å². The second-order valence-electron chi connectivity index (χ2n) is 3.86. The lowest BCUT2D eigenvalue weighted by atomic mass is 10.1. The zero-order chi connectivity index (χ0) is 11.9. The van der Waals surface area contributed by atoms with E-state index >= 15 is 0 Å². The lowest BCUT2D eigenvalue weighted by Gasteiger charge is -2.23. The van der Waals surface area contributed by atoms with E-state index < -0.39 is 0 Å². The molecule has 1 fully saturated rings. The van der Waals surface area contributed by atoms with Crippen LogP contribution in [0.5, 0.6) is 5.75 Å². The summed E-state index contributed by atoms with van der Waals surface area (Å²) >= 11 is 5.56. The van der Waals surface area contributed by atoms with Gasteiger partial charge in [-0.15, -0.1) is 11.6 Å². The van der Waals surface area contributed by atoms with E-state index in [1.165, 1.54) is 0 Å². The van der Waals surface area contributed by atoms with Crippen LogP contribution >= 0.6 is 11.6 Å². The minimum atomic E-state index is 0.239. The molecule has 17 heavy (non-hydrogen) atoms. The van der Waals surface area contributed by atoms with Crippen molar-refractivity contribution in [2.75, 3.05) is 19.1 Å². The van der Waals surface area contributed by atoms with Gasteiger partial charge in [-0.3, -0.25) is 0 Å². The van der Waals surface area contributed by atoms with Gasteiger partial charge in [0.1, 0.15) is 11.9 Å². The van der Waals surface area contributed by atoms with Crippen molar-refractivity contribution in [3.05, 3.63) is 29.8 Å². The van der Waals surface area contributed by atoms with Crippen molar-refractivity contribution in [2.45, 2.75) is 18.9 Å². The van der Waals surface area contributed by atoms with Gasteiger partial charge in [0.2, 0.25) is 0 Å². The fraction of sp³-hybridized carbons (Fsp3) is 0.429. The molecule has 0 saturated carbocycles. The lowest BCUT2D eigenvalue weighted by molar-refractivity contribution is 0.0254. The molecule has 0 aliphatic carbocycles. The average Bonchev–Trinajstić information content (AvgIpc) is 2.39. The molecule has 3 heteroatoms. The van der Waals surface area contributed by atoms with Crippen molar-refractivity contribution in [1.82, 2.24) is 0 Å². The Labute approximate surface area is 107 Å². The maximum absolute atomic E-state index is 5.96. The second kappa shape index (κ2) is 6.54. The summed E-state index contributed by atoms with van der Waals surface area (Å²) in [5.74, 6) is 7.05. The molecule has 1 saturated heterocycles. The normalized spacial score (nSPS) is 16.1. The van der Waals surface area contributed by atoms with Crippen LogP contribution in [-0.4, -0.2) is 25.2 Å². The van der Waals surface area contributed by atoms with Crippen LogP contribution in [0.1, 0.15) is 18.4 Å². The van der Waals surface area contributed by atoms with Crippen LogP contribution in [0, 0.1) is 11.8 Å². The van der Waals surface area contributed by atoms with E-state index in [1.807, 2.05) is 24.3 Å². The Bertz CT molecular complexity index is 414. The predicted molar refractivity (Wildman–Crippen MR) is 68.5 cm³/mol. The third-order valence-corrected chi connectivity index (χ3v) is 2.77. The zero-order valence-electron chi connectivity index (χ0n) is 9.62. The highest BCUT2D eigenvalue weighted by molar-refractivity contribution is 6.19. The molecule has 0 radical (unpaired) electrons. The molecule has 0 aromatic heterocycles. The van der Waals surface area contributed by atoms with Gasteiger partial charge in [0, 0.05) is 12.8 Å². The van der Waals surface area contributed by atoms with E-state index in [1.54, 1.807) is 0 Å². The van der Waals surface area contributed by atoms with Crippen molar-refractivity contribution < 1.29 is 9.47 Å². The highest BCUT2D eigenvalue weighted by Crippen LogP contribution is 2.21. The molecule has 0 unspecified atom stereocenters. The van der Waals surface area contributed by atoms with Gasteiger partial charge in [-0.1, -0.05) is 24.0 Å². The Balaban J connectivity index is 2.08. The van der Waals surface area contributed by atoms with Gasteiger partial charge < -0.3 is 9.47 Å². The maximum Gasteiger partial charge on any atom is 0.135 e. The Kier molecular flexibility index (Phi) is 4.73. The highest BCUT2D eigenvalue weighted by Gasteiger charge is 2.16. The number of benzene rings is 1. The molecule has 2 rings (SSSR count). The van der Waals surface area contributed by atoms with Gasteiger partial charge in [-0.2, -0.15) is 0 Å². The van der Waals surface area contributed by atoms with Crippen LogP contribution in [0.25, 0.3) is 0 Å². The van der Waals surface area contributed by atoms with Crippen molar-refractivity contribution >= 4 is 11.6 Å². The van der Waals surface area contributed by atoms with E-state index in [0.717, 1.165) is 37.4 Å². The topological polar surface area (TPSA) is 18.5 Å². The number of ether oxygens (including phenoxy) is 2. The SMILES string of the molecule is ClCC#Cc1ccccc1OC1CCOCC1. The first-order chi connectivity index (χ1) is 8.40. The van der Waals surface area contributed by atoms with E-state index in [-0.39, 0.29) is 6.10 Å². The van der Waals surface area contributed by atoms with E-state index in [2.05, 4.69) is 11.8 Å². The molecule has 1 aliphatic rings.